The first kappa shape index (κ1) is 25.1. The fourth-order valence-electron chi connectivity index (χ4n) is 1.53. The molecule has 0 saturated heterocycles. The van der Waals surface area contributed by atoms with Gasteiger partial charge in [0.25, 0.3) is 0 Å². The molecule has 0 bridgehead atoms. The number of aldehydes is 2. The maximum absolute atomic E-state index is 10.3. The highest BCUT2D eigenvalue weighted by atomic mass is 79.9. The highest BCUT2D eigenvalue weighted by Gasteiger charge is 2.02. The van der Waals surface area contributed by atoms with Gasteiger partial charge in [0.05, 0.1) is 14.8 Å². The van der Waals surface area contributed by atoms with Crippen LogP contribution in [0.15, 0.2) is 16.3 Å². The van der Waals surface area contributed by atoms with E-state index in [2.05, 4.69) is 32.8 Å². The fraction of sp³-hybridized carbons (Fsp3) is 0.500. The molecule has 2 aromatic heterocycles. The molecular formula is C16H24BBrN2O4S2. The lowest BCUT2D eigenvalue weighted by Gasteiger charge is -1.91. The molecule has 0 aliphatic carbocycles. The first-order valence-electron chi connectivity index (χ1n) is 8.29. The van der Waals surface area contributed by atoms with Gasteiger partial charge in [-0.05, 0) is 35.1 Å². The third-order valence-electron chi connectivity index (χ3n) is 2.86. The molecule has 0 aliphatic rings. The van der Waals surface area contributed by atoms with E-state index in [0.29, 0.717) is 11.2 Å². The van der Waals surface area contributed by atoms with Crippen molar-refractivity contribution in [3.8, 4) is 0 Å². The minimum atomic E-state index is -1.10. The van der Waals surface area contributed by atoms with Gasteiger partial charge in [0.15, 0.2) is 16.5 Å². The Bertz CT molecular complexity index is 623. The Hall–Kier alpha value is -0.935. The summed E-state index contributed by atoms with van der Waals surface area (Å²) < 4.78 is 0.750. The number of hydrogen-bond donors (Lipinski definition) is 2. The zero-order valence-corrected chi connectivity index (χ0v) is 18.1. The van der Waals surface area contributed by atoms with Gasteiger partial charge in [0, 0.05) is 12.4 Å². The van der Waals surface area contributed by atoms with E-state index in [1.165, 1.54) is 35.3 Å². The maximum Gasteiger partial charge on any atom is 0.451 e. The van der Waals surface area contributed by atoms with E-state index in [1.807, 2.05) is 6.92 Å². The van der Waals surface area contributed by atoms with Crippen molar-refractivity contribution < 1.29 is 19.6 Å². The van der Waals surface area contributed by atoms with Crippen LogP contribution in [0.2, 0.25) is 6.32 Å². The lowest BCUT2D eigenvalue weighted by molar-refractivity contribution is 0.111. The summed E-state index contributed by atoms with van der Waals surface area (Å²) in [4.78, 5) is 29.5. The molecule has 2 aromatic rings. The molecule has 6 nitrogen and oxygen atoms in total. The summed E-state index contributed by atoms with van der Waals surface area (Å²) in [6, 6.07) is 0. The van der Waals surface area contributed by atoms with Crippen molar-refractivity contribution >= 4 is 58.3 Å². The van der Waals surface area contributed by atoms with Crippen molar-refractivity contribution in [3.05, 3.63) is 31.1 Å². The zero-order chi connectivity index (χ0) is 19.8. The van der Waals surface area contributed by atoms with Gasteiger partial charge in [0.1, 0.15) is 0 Å². The Labute approximate surface area is 171 Å². The molecule has 0 radical (unpaired) electrons. The van der Waals surface area contributed by atoms with Crippen molar-refractivity contribution in [1.29, 1.82) is 0 Å². The molecule has 26 heavy (non-hydrogen) atoms. The maximum atomic E-state index is 10.3. The second-order valence-electron chi connectivity index (χ2n) is 5.13. The number of thiazole rings is 2. The summed E-state index contributed by atoms with van der Waals surface area (Å²) in [6.45, 7) is 4.16. The molecule has 0 unspecified atom stereocenters. The number of hydrogen-bond acceptors (Lipinski definition) is 8. The van der Waals surface area contributed by atoms with Crippen molar-refractivity contribution in [2.24, 2.45) is 0 Å². The lowest BCUT2D eigenvalue weighted by Crippen LogP contribution is -2.08. The summed E-state index contributed by atoms with van der Waals surface area (Å²) in [5.74, 6) is 0. The summed E-state index contributed by atoms with van der Waals surface area (Å²) in [5, 5.41) is 17.6. The number of aryl methyl sites for hydroxylation is 1. The summed E-state index contributed by atoms with van der Waals surface area (Å²) >= 11 is 5.94. The molecule has 0 aliphatic heterocycles. The number of nitrogens with zero attached hydrogens (tertiary/aromatic N) is 2. The first-order valence-corrected chi connectivity index (χ1v) is 10.7. The molecule has 2 N–H and O–H groups in total. The normalized spacial score (nSPS) is 9.42. The minimum Gasteiger partial charge on any atom is -0.427 e. The predicted octanol–water partition coefficient (Wildman–Crippen LogP) is 4.28. The van der Waals surface area contributed by atoms with Gasteiger partial charge in [-0.3, -0.25) is 9.59 Å². The number of carbonyl (C=O) groups is 2. The molecule has 0 spiro atoms. The van der Waals surface area contributed by atoms with Crippen LogP contribution in [-0.2, 0) is 6.42 Å². The topological polar surface area (TPSA) is 100 Å². The van der Waals surface area contributed by atoms with E-state index in [-0.39, 0.29) is 0 Å². The van der Waals surface area contributed by atoms with Gasteiger partial charge in [-0.1, -0.05) is 33.1 Å². The van der Waals surface area contributed by atoms with Gasteiger partial charge >= 0.3 is 7.12 Å². The lowest BCUT2D eigenvalue weighted by atomic mass is 9.84. The summed E-state index contributed by atoms with van der Waals surface area (Å²) in [7, 11) is -1.10. The number of halogens is 1. The molecular weight excluding hydrogens is 439 g/mol. The Morgan fingerprint density at radius 2 is 1.62 bits per heavy atom. The predicted molar refractivity (Wildman–Crippen MR) is 111 cm³/mol. The standard InChI is InChI=1S/C8H11NOS.C4H11BO2.C4H2BrNOS/c1-2-3-4-8-9-5-7(6-10)11-8;1-2-3-4-5(6)7;5-4-6-1-3(2-7)8-4/h5-6H,2-4H2,1H3;6-7H,2-4H2,1H3;1-2H. The Morgan fingerprint density at radius 3 is 1.96 bits per heavy atom. The largest absolute Gasteiger partial charge is 0.451 e. The van der Waals surface area contributed by atoms with Crippen LogP contribution < -0.4 is 0 Å². The SMILES string of the molecule is CCCCB(O)O.CCCCc1ncc(C=O)s1.O=Cc1cnc(Br)s1. The second kappa shape index (κ2) is 16.3. The van der Waals surface area contributed by atoms with E-state index in [9.17, 15) is 9.59 Å². The van der Waals surface area contributed by atoms with Gasteiger partial charge in [-0.2, -0.15) is 0 Å². The molecule has 2 rings (SSSR count). The average Bonchev–Trinajstić information content (AvgIpc) is 3.27. The van der Waals surface area contributed by atoms with Crippen LogP contribution in [-0.4, -0.2) is 39.7 Å². The van der Waals surface area contributed by atoms with Crippen LogP contribution in [0.25, 0.3) is 0 Å². The number of rotatable bonds is 8. The quantitative estimate of drug-likeness (QED) is 0.448. The number of aromatic nitrogens is 2. The van der Waals surface area contributed by atoms with E-state index in [1.54, 1.807) is 6.20 Å². The molecule has 2 heterocycles. The minimum absolute atomic E-state index is 0.510. The second-order valence-corrected chi connectivity index (χ2v) is 8.62. The Balaban J connectivity index is 0.000000373. The molecule has 144 valence electrons. The summed E-state index contributed by atoms with van der Waals surface area (Å²) in [5.41, 5.74) is 0. The van der Waals surface area contributed by atoms with E-state index in [4.69, 9.17) is 10.0 Å². The molecule has 0 atom stereocenters. The number of carbonyl (C=O) groups excluding carboxylic acids is 2. The van der Waals surface area contributed by atoms with Crippen LogP contribution in [0.5, 0.6) is 0 Å². The molecule has 0 aromatic carbocycles. The monoisotopic (exact) mass is 462 g/mol. The van der Waals surface area contributed by atoms with Crippen LogP contribution >= 0.6 is 38.6 Å². The van der Waals surface area contributed by atoms with Crippen molar-refractivity contribution in [2.75, 3.05) is 0 Å². The smallest absolute Gasteiger partial charge is 0.427 e. The van der Waals surface area contributed by atoms with Gasteiger partial charge in [0.2, 0.25) is 0 Å². The third-order valence-corrected chi connectivity index (χ3v) is 5.24. The van der Waals surface area contributed by atoms with Crippen molar-refractivity contribution in [1.82, 2.24) is 9.97 Å². The van der Waals surface area contributed by atoms with Crippen LogP contribution in [0.1, 0.15) is 63.9 Å². The van der Waals surface area contributed by atoms with E-state index < -0.39 is 7.12 Å². The Kier molecular flexibility index (Phi) is 15.7. The van der Waals surface area contributed by atoms with Crippen LogP contribution in [0.3, 0.4) is 0 Å². The van der Waals surface area contributed by atoms with Crippen molar-refractivity contribution in [2.45, 2.75) is 52.3 Å². The molecule has 0 fully saturated rings. The van der Waals surface area contributed by atoms with Crippen LogP contribution in [0, 0.1) is 0 Å². The summed E-state index contributed by atoms with van der Waals surface area (Å²) in [6.07, 6.45) is 10.6. The highest BCUT2D eigenvalue weighted by molar-refractivity contribution is 9.11. The highest BCUT2D eigenvalue weighted by Crippen LogP contribution is 2.16. The third kappa shape index (κ3) is 13.3. The van der Waals surface area contributed by atoms with Gasteiger partial charge in [-0.25, -0.2) is 9.97 Å². The van der Waals surface area contributed by atoms with Gasteiger partial charge < -0.3 is 10.0 Å². The Morgan fingerprint density at radius 1 is 1.04 bits per heavy atom. The molecule has 0 saturated carbocycles. The van der Waals surface area contributed by atoms with Gasteiger partial charge in [-0.15, -0.1) is 22.7 Å². The average molecular weight is 463 g/mol. The molecule has 10 heteroatoms. The molecule has 0 amide bonds. The van der Waals surface area contributed by atoms with Crippen LogP contribution in [0.4, 0.5) is 0 Å². The van der Waals surface area contributed by atoms with E-state index >= 15 is 0 Å². The first-order chi connectivity index (χ1) is 12.5. The van der Waals surface area contributed by atoms with E-state index in [0.717, 1.165) is 52.1 Å². The van der Waals surface area contributed by atoms with Crippen molar-refractivity contribution in [3.63, 3.8) is 0 Å². The zero-order valence-electron chi connectivity index (χ0n) is 14.9. The fourth-order valence-corrected chi connectivity index (χ4v) is 3.42. The number of unbranched alkanes of at least 4 members (excludes halogenated alkanes) is 2.